The van der Waals surface area contributed by atoms with Gasteiger partial charge in [0, 0.05) is 25.2 Å². The van der Waals surface area contributed by atoms with Crippen molar-refractivity contribution in [3.05, 3.63) is 62.8 Å². The molecule has 0 amide bonds. The molecule has 1 saturated carbocycles. The highest BCUT2D eigenvalue weighted by atomic mass is 16.3. The number of rotatable bonds is 6. The number of nitrogens with zero attached hydrogens (tertiary/aromatic N) is 6. The molecular weight excluding hydrogens is 482 g/mol. The normalized spacial score (nSPS) is 17.1. The van der Waals surface area contributed by atoms with Crippen molar-refractivity contribution >= 4 is 0 Å². The molecule has 1 aromatic heterocycles. The van der Waals surface area contributed by atoms with Gasteiger partial charge in [0.05, 0.1) is 6.04 Å². The van der Waals surface area contributed by atoms with Gasteiger partial charge in [-0.3, -0.25) is 14.3 Å². The molecule has 1 N–H and O–H groups in total. The molecule has 38 heavy (non-hydrogen) atoms. The van der Waals surface area contributed by atoms with E-state index in [0.29, 0.717) is 23.4 Å². The van der Waals surface area contributed by atoms with E-state index in [1.807, 2.05) is 12.1 Å². The van der Waals surface area contributed by atoms with Gasteiger partial charge in [0.1, 0.15) is 5.76 Å². The zero-order valence-corrected chi connectivity index (χ0v) is 21.9. The molecular formula is C28H33N7O3. The Hall–Kier alpha value is -3.63. The quantitative estimate of drug-likeness (QED) is 0.417. The summed E-state index contributed by atoms with van der Waals surface area (Å²) in [6.07, 6.45) is 6.35. The Bertz CT molecular complexity index is 1510. The van der Waals surface area contributed by atoms with Crippen LogP contribution in [0.1, 0.15) is 50.1 Å². The smallest absolute Gasteiger partial charge is 0.352 e. The van der Waals surface area contributed by atoms with Gasteiger partial charge in [-0.15, -0.1) is 5.10 Å². The van der Waals surface area contributed by atoms with Gasteiger partial charge in [-0.2, -0.15) is 4.98 Å². The van der Waals surface area contributed by atoms with Gasteiger partial charge in [0.25, 0.3) is 5.56 Å². The molecule has 6 rings (SSSR count). The molecule has 4 aliphatic rings. The molecule has 0 atom stereocenters. The summed E-state index contributed by atoms with van der Waals surface area (Å²) < 4.78 is 8.88. The fraction of sp³-hybridized carbons (Fsp3) is 0.464. The molecule has 0 radical (unpaired) electrons. The van der Waals surface area contributed by atoms with E-state index < -0.39 is 11.2 Å². The SMILES string of the molecule is CN(Cc1ccc(-c2ccc(-c3nc4c(=O)n(C)c(=O)nc-4n(C4CCCC4)n3)o2)cc1)C1CCNCC1. The largest absolute Gasteiger partial charge is 0.453 e. The summed E-state index contributed by atoms with van der Waals surface area (Å²) in [5.41, 5.74) is 1.27. The third kappa shape index (κ3) is 4.69. The van der Waals surface area contributed by atoms with Crippen LogP contribution in [0.15, 0.2) is 50.4 Å². The fourth-order valence-corrected chi connectivity index (χ4v) is 5.66. The van der Waals surface area contributed by atoms with Crippen molar-refractivity contribution in [1.82, 2.24) is 34.5 Å². The second-order valence-electron chi connectivity index (χ2n) is 10.5. The van der Waals surface area contributed by atoms with E-state index in [9.17, 15) is 9.59 Å². The van der Waals surface area contributed by atoms with Gasteiger partial charge < -0.3 is 9.73 Å². The highest BCUT2D eigenvalue weighted by Gasteiger charge is 2.28. The van der Waals surface area contributed by atoms with Crippen LogP contribution in [0.25, 0.3) is 34.4 Å². The van der Waals surface area contributed by atoms with Crippen LogP contribution >= 0.6 is 0 Å². The van der Waals surface area contributed by atoms with E-state index in [1.54, 1.807) is 4.68 Å². The zero-order valence-electron chi connectivity index (χ0n) is 21.9. The van der Waals surface area contributed by atoms with E-state index >= 15 is 0 Å². The molecule has 0 bridgehead atoms. The summed E-state index contributed by atoms with van der Waals surface area (Å²) in [4.78, 5) is 36.3. The van der Waals surface area contributed by atoms with Gasteiger partial charge in [0.15, 0.2) is 17.3 Å². The second-order valence-corrected chi connectivity index (χ2v) is 10.5. The van der Waals surface area contributed by atoms with E-state index in [1.165, 1.54) is 25.5 Å². The summed E-state index contributed by atoms with van der Waals surface area (Å²) in [6.45, 7) is 3.08. The number of hydrogen-bond acceptors (Lipinski definition) is 8. The lowest BCUT2D eigenvalue weighted by Crippen LogP contribution is -2.40. The Kier molecular flexibility index (Phi) is 6.67. The van der Waals surface area contributed by atoms with Crippen molar-refractivity contribution in [1.29, 1.82) is 0 Å². The first-order valence-electron chi connectivity index (χ1n) is 13.5. The van der Waals surface area contributed by atoms with Crippen LogP contribution in [0.3, 0.4) is 0 Å². The first-order valence-corrected chi connectivity index (χ1v) is 13.5. The van der Waals surface area contributed by atoms with Gasteiger partial charge in [0.2, 0.25) is 5.82 Å². The topological polar surface area (TPSA) is 111 Å². The maximum atomic E-state index is 12.9. The average Bonchev–Trinajstić information content (AvgIpc) is 3.66. The molecule has 2 fully saturated rings. The standard InChI is InChI=1S/C28H33N7O3/c1-33(20-13-15-29-16-14-20)17-18-7-9-19(10-8-18)22-11-12-23(38-22)25-30-24-26(31-28(37)34(2)27(24)36)35(32-25)21-5-3-4-6-21/h7-12,20-21,29H,3-6,13-17H2,1-2H3. The number of fused-ring (bicyclic) bond motifs is 1. The Morgan fingerprint density at radius 1 is 0.974 bits per heavy atom. The lowest BCUT2D eigenvalue weighted by molar-refractivity contribution is 0.192. The van der Waals surface area contributed by atoms with E-state index in [2.05, 4.69) is 51.5 Å². The highest BCUT2D eigenvalue weighted by Crippen LogP contribution is 2.33. The molecule has 1 saturated heterocycles. The van der Waals surface area contributed by atoms with E-state index in [0.717, 1.165) is 55.4 Å². The first kappa shape index (κ1) is 24.7. The molecule has 3 aliphatic heterocycles. The number of aromatic nitrogens is 5. The predicted octanol–water partition coefficient (Wildman–Crippen LogP) is 3.06. The third-order valence-corrected chi connectivity index (χ3v) is 7.94. The minimum atomic E-state index is -0.601. The Morgan fingerprint density at radius 3 is 2.42 bits per heavy atom. The average molecular weight is 516 g/mol. The molecule has 4 heterocycles. The van der Waals surface area contributed by atoms with Crippen molar-refractivity contribution < 1.29 is 4.42 Å². The molecule has 0 unspecified atom stereocenters. The number of nitrogens with one attached hydrogen (secondary N) is 1. The van der Waals surface area contributed by atoms with Crippen LogP contribution in [0.2, 0.25) is 0 Å². The summed E-state index contributed by atoms with van der Waals surface area (Å²) in [6, 6.07) is 12.8. The van der Waals surface area contributed by atoms with Crippen molar-refractivity contribution in [3.8, 4) is 34.4 Å². The lowest BCUT2D eigenvalue weighted by atomic mass is 10.0. The fourth-order valence-electron chi connectivity index (χ4n) is 5.66. The van der Waals surface area contributed by atoms with Crippen LogP contribution in [0, 0.1) is 0 Å². The molecule has 10 nitrogen and oxygen atoms in total. The highest BCUT2D eigenvalue weighted by molar-refractivity contribution is 5.63. The summed E-state index contributed by atoms with van der Waals surface area (Å²) >= 11 is 0. The van der Waals surface area contributed by atoms with Crippen LogP contribution in [0.4, 0.5) is 0 Å². The van der Waals surface area contributed by atoms with Crippen LogP contribution < -0.4 is 16.6 Å². The maximum absolute atomic E-state index is 12.9. The lowest BCUT2D eigenvalue weighted by Gasteiger charge is -2.31. The monoisotopic (exact) mass is 515 g/mol. The first-order chi connectivity index (χ1) is 18.5. The third-order valence-electron chi connectivity index (χ3n) is 7.94. The second kappa shape index (κ2) is 10.3. The van der Waals surface area contributed by atoms with Crippen molar-refractivity contribution in [3.63, 3.8) is 0 Å². The number of furan rings is 1. The summed E-state index contributed by atoms with van der Waals surface area (Å²) in [7, 11) is 3.61. The predicted molar refractivity (Wildman–Crippen MR) is 144 cm³/mol. The zero-order chi connectivity index (χ0) is 26.2. The van der Waals surface area contributed by atoms with Crippen LogP contribution in [-0.4, -0.2) is 55.4 Å². The Labute approximate surface area is 220 Å². The number of benzene rings is 1. The van der Waals surface area contributed by atoms with Gasteiger partial charge in [-0.1, -0.05) is 37.1 Å². The number of piperidine rings is 1. The van der Waals surface area contributed by atoms with Crippen LogP contribution in [-0.2, 0) is 13.6 Å². The maximum Gasteiger partial charge on any atom is 0.352 e. The van der Waals surface area contributed by atoms with Crippen molar-refractivity contribution in [2.75, 3.05) is 20.1 Å². The van der Waals surface area contributed by atoms with E-state index in [4.69, 9.17) is 9.52 Å². The summed E-state index contributed by atoms with van der Waals surface area (Å²) in [5.74, 6) is 1.73. The number of hydrogen-bond donors (Lipinski definition) is 1. The summed E-state index contributed by atoms with van der Waals surface area (Å²) in [5, 5.41) is 8.14. The molecule has 2 aromatic rings. The van der Waals surface area contributed by atoms with Gasteiger partial charge in [-0.25, -0.2) is 14.5 Å². The Balaban J connectivity index is 1.29. The molecule has 1 aromatic carbocycles. The Morgan fingerprint density at radius 2 is 1.68 bits per heavy atom. The molecule has 1 aliphatic carbocycles. The minimum Gasteiger partial charge on any atom is -0.453 e. The van der Waals surface area contributed by atoms with Crippen molar-refractivity contribution in [2.45, 2.75) is 57.2 Å². The van der Waals surface area contributed by atoms with Crippen molar-refractivity contribution in [2.24, 2.45) is 7.05 Å². The van der Waals surface area contributed by atoms with Gasteiger partial charge in [-0.05, 0) is 63.5 Å². The van der Waals surface area contributed by atoms with Gasteiger partial charge >= 0.3 is 5.69 Å². The molecule has 198 valence electrons. The van der Waals surface area contributed by atoms with E-state index in [-0.39, 0.29) is 17.6 Å². The minimum absolute atomic E-state index is 0.0724. The molecule has 10 heteroatoms. The molecule has 0 spiro atoms. The van der Waals surface area contributed by atoms with Crippen LogP contribution in [0.5, 0.6) is 0 Å².